The SMILES string of the molecule is CC[N+]1(C2CCCCC2)C=CN=C1. The minimum absolute atomic E-state index is 0.807. The Morgan fingerprint density at radius 2 is 2.08 bits per heavy atom. The Balaban J connectivity index is 2.11. The summed E-state index contributed by atoms with van der Waals surface area (Å²) in [5, 5.41) is 0. The van der Waals surface area contributed by atoms with Gasteiger partial charge in [-0.05, 0) is 19.8 Å². The molecule has 1 atom stereocenters. The van der Waals surface area contributed by atoms with Crippen LogP contribution in [0.3, 0.4) is 0 Å². The number of aliphatic imine (C=N–C) groups is 1. The molecule has 1 heterocycles. The molecule has 0 radical (unpaired) electrons. The molecule has 1 aliphatic heterocycles. The second kappa shape index (κ2) is 3.62. The third-order valence-electron chi connectivity index (χ3n) is 3.51. The van der Waals surface area contributed by atoms with Gasteiger partial charge in [0.05, 0.1) is 18.8 Å². The number of hydrogen-bond acceptors (Lipinski definition) is 1. The molecular formula is C11H19N2+. The van der Waals surface area contributed by atoms with Gasteiger partial charge in [-0.3, -0.25) is 4.48 Å². The first-order valence-corrected chi connectivity index (χ1v) is 5.46. The van der Waals surface area contributed by atoms with Crippen molar-refractivity contribution in [3.8, 4) is 0 Å². The maximum atomic E-state index is 4.25. The van der Waals surface area contributed by atoms with Gasteiger partial charge in [0.15, 0.2) is 6.34 Å². The molecule has 72 valence electrons. The molecule has 2 aliphatic rings. The fourth-order valence-electron chi connectivity index (χ4n) is 2.59. The number of rotatable bonds is 2. The number of quaternary nitrogens is 1. The van der Waals surface area contributed by atoms with Crippen LogP contribution in [0.4, 0.5) is 0 Å². The van der Waals surface area contributed by atoms with Crippen LogP contribution in [-0.2, 0) is 0 Å². The lowest BCUT2D eigenvalue weighted by atomic mass is 9.93. The van der Waals surface area contributed by atoms with Crippen molar-refractivity contribution >= 4 is 6.34 Å². The molecule has 1 unspecified atom stereocenters. The lowest BCUT2D eigenvalue weighted by molar-refractivity contribution is -0.807. The molecule has 2 rings (SSSR count). The fourth-order valence-corrected chi connectivity index (χ4v) is 2.59. The predicted molar refractivity (Wildman–Crippen MR) is 55.3 cm³/mol. The van der Waals surface area contributed by atoms with E-state index in [0.717, 1.165) is 17.1 Å². The number of nitrogens with zero attached hydrogens (tertiary/aromatic N) is 2. The lowest BCUT2D eigenvalue weighted by Gasteiger charge is -2.37. The van der Waals surface area contributed by atoms with Crippen molar-refractivity contribution < 1.29 is 4.48 Å². The van der Waals surface area contributed by atoms with E-state index >= 15 is 0 Å². The monoisotopic (exact) mass is 179 g/mol. The van der Waals surface area contributed by atoms with Crippen LogP contribution in [0, 0.1) is 0 Å². The molecule has 2 nitrogen and oxygen atoms in total. The van der Waals surface area contributed by atoms with Gasteiger partial charge in [0.1, 0.15) is 6.20 Å². The smallest absolute Gasteiger partial charge is 0.194 e. The molecule has 0 aromatic carbocycles. The van der Waals surface area contributed by atoms with Crippen LogP contribution in [0.1, 0.15) is 39.0 Å². The van der Waals surface area contributed by atoms with E-state index in [0.29, 0.717) is 0 Å². The van der Waals surface area contributed by atoms with E-state index in [1.165, 1.54) is 32.1 Å². The highest BCUT2D eigenvalue weighted by molar-refractivity contribution is 5.51. The Bertz CT molecular complexity index is 212. The van der Waals surface area contributed by atoms with Crippen molar-refractivity contribution in [2.45, 2.75) is 45.1 Å². The van der Waals surface area contributed by atoms with Crippen LogP contribution in [0.2, 0.25) is 0 Å². The Labute approximate surface area is 80.6 Å². The molecule has 0 bridgehead atoms. The highest BCUT2D eigenvalue weighted by Gasteiger charge is 2.35. The van der Waals surface area contributed by atoms with E-state index in [-0.39, 0.29) is 0 Å². The maximum absolute atomic E-state index is 4.25. The molecule has 0 saturated heterocycles. The lowest BCUT2D eigenvalue weighted by Crippen LogP contribution is -2.49. The van der Waals surface area contributed by atoms with E-state index in [4.69, 9.17) is 0 Å². The summed E-state index contributed by atoms with van der Waals surface area (Å²) in [5.41, 5.74) is 0. The van der Waals surface area contributed by atoms with Gasteiger partial charge in [0.25, 0.3) is 0 Å². The largest absolute Gasteiger partial charge is 0.251 e. The van der Waals surface area contributed by atoms with Crippen LogP contribution < -0.4 is 0 Å². The van der Waals surface area contributed by atoms with Gasteiger partial charge in [-0.15, -0.1) is 0 Å². The summed E-state index contributed by atoms with van der Waals surface area (Å²) in [5.74, 6) is 0. The molecule has 2 heteroatoms. The molecule has 1 fully saturated rings. The van der Waals surface area contributed by atoms with Crippen molar-refractivity contribution in [2.24, 2.45) is 4.99 Å². The van der Waals surface area contributed by atoms with Crippen LogP contribution in [-0.4, -0.2) is 23.4 Å². The average molecular weight is 179 g/mol. The topological polar surface area (TPSA) is 12.4 Å². The molecule has 0 spiro atoms. The second-order valence-corrected chi connectivity index (χ2v) is 4.17. The van der Waals surface area contributed by atoms with Gasteiger partial charge in [0, 0.05) is 12.8 Å². The molecule has 0 amide bonds. The predicted octanol–water partition coefficient (Wildman–Crippen LogP) is 2.67. The summed E-state index contributed by atoms with van der Waals surface area (Å²) >= 11 is 0. The minimum atomic E-state index is 0.807. The highest BCUT2D eigenvalue weighted by Crippen LogP contribution is 2.29. The molecule has 1 aliphatic carbocycles. The van der Waals surface area contributed by atoms with Gasteiger partial charge in [-0.25, -0.2) is 4.99 Å². The van der Waals surface area contributed by atoms with Crippen molar-refractivity contribution in [1.29, 1.82) is 0 Å². The first-order valence-electron chi connectivity index (χ1n) is 5.46. The third-order valence-corrected chi connectivity index (χ3v) is 3.51. The van der Waals surface area contributed by atoms with Crippen LogP contribution >= 0.6 is 0 Å². The first kappa shape index (κ1) is 8.95. The summed E-state index contributed by atoms with van der Waals surface area (Å²) in [4.78, 5) is 4.25. The van der Waals surface area contributed by atoms with Crippen LogP contribution in [0.25, 0.3) is 0 Å². The van der Waals surface area contributed by atoms with Gasteiger partial charge in [-0.1, -0.05) is 6.42 Å². The molecule has 1 saturated carbocycles. The van der Waals surface area contributed by atoms with Gasteiger partial charge < -0.3 is 0 Å². The number of hydrogen-bond donors (Lipinski definition) is 0. The zero-order valence-corrected chi connectivity index (χ0v) is 8.45. The van der Waals surface area contributed by atoms with E-state index in [2.05, 4.69) is 24.5 Å². The minimum Gasteiger partial charge on any atom is -0.251 e. The standard InChI is InChI=1S/C11H19N2/c1-2-13(9-8-12-10-13)11-6-4-3-5-7-11/h8-11H,2-7H2,1H3/q+1. The Hall–Kier alpha value is -0.630. The fraction of sp³-hybridized carbons (Fsp3) is 0.727. The molecule has 0 N–H and O–H groups in total. The van der Waals surface area contributed by atoms with E-state index in [1.54, 1.807) is 0 Å². The Morgan fingerprint density at radius 1 is 1.31 bits per heavy atom. The van der Waals surface area contributed by atoms with Crippen molar-refractivity contribution in [2.75, 3.05) is 6.54 Å². The second-order valence-electron chi connectivity index (χ2n) is 4.17. The summed E-state index contributed by atoms with van der Waals surface area (Å²) in [6, 6.07) is 0.807. The summed E-state index contributed by atoms with van der Waals surface area (Å²) in [6.45, 7) is 3.42. The third kappa shape index (κ3) is 1.55. The highest BCUT2D eigenvalue weighted by atomic mass is 15.4. The summed E-state index contributed by atoms with van der Waals surface area (Å²) in [7, 11) is 0. The Morgan fingerprint density at radius 3 is 2.62 bits per heavy atom. The average Bonchev–Trinajstić information content (AvgIpc) is 2.69. The Kier molecular flexibility index (Phi) is 2.49. The molecule has 0 aromatic heterocycles. The van der Waals surface area contributed by atoms with Crippen molar-refractivity contribution in [1.82, 2.24) is 0 Å². The molecule has 13 heavy (non-hydrogen) atoms. The van der Waals surface area contributed by atoms with E-state index in [1.807, 2.05) is 6.20 Å². The summed E-state index contributed by atoms with van der Waals surface area (Å²) in [6.07, 6.45) is 13.3. The van der Waals surface area contributed by atoms with Crippen LogP contribution in [0.5, 0.6) is 0 Å². The van der Waals surface area contributed by atoms with Crippen molar-refractivity contribution in [3.63, 3.8) is 0 Å². The van der Waals surface area contributed by atoms with Gasteiger partial charge in [-0.2, -0.15) is 0 Å². The zero-order valence-electron chi connectivity index (χ0n) is 8.45. The normalized spacial score (nSPS) is 34.2. The van der Waals surface area contributed by atoms with E-state index in [9.17, 15) is 0 Å². The first-order chi connectivity index (χ1) is 6.37. The molecular weight excluding hydrogens is 160 g/mol. The van der Waals surface area contributed by atoms with Gasteiger partial charge in [0.2, 0.25) is 0 Å². The van der Waals surface area contributed by atoms with E-state index < -0.39 is 0 Å². The van der Waals surface area contributed by atoms with Crippen LogP contribution in [0.15, 0.2) is 17.4 Å². The summed E-state index contributed by atoms with van der Waals surface area (Å²) < 4.78 is 1.01. The maximum Gasteiger partial charge on any atom is 0.194 e. The molecule has 0 aromatic rings. The zero-order chi connectivity index (χ0) is 9.15. The van der Waals surface area contributed by atoms with Crippen molar-refractivity contribution in [3.05, 3.63) is 12.4 Å². The van der Waals surface area contributed by atoms with Gasteiger partial charge >= 0.3 is 0 Å². The quantitative estimate of drug-likeness (QED) is 0.578.